The molecule has 1 aliphatic heterocycles. The van der Waals surface area contributed by atoms with Crippen molar-refractivity contribution in [1.82, 2.24) is 4.90 Å². The van der Waals surface area contributed by atoms with Gasteiger partial charge in [-0.05, 0) is 107 Å². The largest absolute Gasteiger partial charge is 0.490 e. The van der Waals surface area contributed by atoms with Gasteiger partial charge in [-0.15, -0.1) is 0 Å². The smallest absolute Gasteiger partial charge is 0.339 e. The van der Waals surface area contributed by atoms with Gasteiger partial charge in [0.1, 0.15) is 4.90 Å². The second kappa shape index (κ2) is 12.4. The summed E-state index contributed by atoms with van der Waals surface area (Å²) in [6.07, 6.45) is 1.58. The maximum Gasteiger partial charge on any atom is 0.339 e. The molecule has 0 unspecified atom stereocenters. The molecule has 9 nitrogen and oxygen atoms in total. The maximum absolute atomic E-state index is 13.1. The van der Waals surface area contributed by atoms with Crippen LogP contribution in [0, 0.1) is 10.5 Å². The first kappa shape index (κ1) is 29.6. The van der Waals surface area contributed by atoms with E-state index in [0.717, 1.165) is 22.9 Å². The van der Waals surface area contributed by atoms with Crippen LogP contribution in [-0.4, -0.2) is 37.0 Å². The van der Waals surface area contributed by atoms with Crippen LogP contribution in [0.1, 0.15) is 30.5 Å². The Morgan fingerprint density at radius 1 is 1.10 bits per heavy atom. The van der Waals surface area contributed by atoms with Crippen LogP contribution < -0.4 is 14.2 Å². The lowest BCUT2D eigenvalue weighted by Crippen LogP contribution is -2.27. The average Bonchev–Trinajstić information content (AvgIpc) is 3.15. The lowest BCUT2D eigenvalue weighted by Gasteiger charge is -2.15. The summed E-state index contributed by atoms with van der Waals surface area (Å²) in [5, 5.41) is 2.21. The zero-order valence-electron chi connectivity index (χ0n) is 21.8. The number of carbonyl (C=O) groups is 3. The maximum atomic E-state index is 13.1. The van der Waals surface area contributed by atoms with E-state index in [1.54, 1.807) is 25.1 Å². The number of nitrogens with zero attached hydrogens (tertiary/aromatic N) is 1. The molecule has 0 bridgehead atoms. The Labute approximate surface area is 250 Å². The normalized spacial score (nSPS) is 14.5. The Bertz CT molecular complexity index is 1620. The first-order chi connectivity index (χ1) is 19.0. The van der Waals surface area contributed by atoms with Crippen LogP contribution in [0.25, 0.3) is 6.08 Å². The molecule has 0 spiro atoms. The van der Waals surface area contributed by atoms with E-state index in [2.05, 4.69) is 5.32 Å². The fourth-order valence-electron chi connectivity index (χ4n) is 3.83. The minimum atomic E-state index is -4.24. The fraction of sp³-hybridized carbons (Fsp3) is 0.179. The first-order valence-corrected chi connectivity index (χ1v) is 15.4. The standard InChI is InChI=1S/C28H25IN2O7S2/c1-4-37-24-14-19(15-25-27(33)31(28(34)39-25)16-20-8-6-5-7-17(20)2)13-23(29)26(24)38-40(35,36)22-11-9-21(10-12-22)30-18(3)32/h5-15H,4,16H2,1-3H3,(H,30,32)/b25-15-. The SMILES string of the molecule is CCOc1cc(/C=C2\SC(=O)N(Cc3ccccc3C)C2=O)cc(I)c1OS(=O)(=O)c1ccc(NC(C)=O)cc1. The molecule has 1 N–H and O–H groups in total. The zero-order chi connectivity index (χ0) is 29.0. The van der Waals surface area contributed by atoms with E-state index in [1.165, 1.54) is 36.1 Å². The van der Waals surface area contributed by atoms with Crippen LogP contribution >= 0.6 is 34.4 Å². The lowest BCUT2D eigenvalue weighted by atomic mass is 10.1. The lowest BCUT2D eigenvalue weighted by molar-refractivity contribution is -0.123. The molecular formula is C28H25IN2O7S2. The third kappa shape index (κ3) is 6.85. The third-order valence-electron chi connectivity index (χ3n) is 5.75. The van der Waals surface area contributed by atoms with Gasteiger partial charge in [-0.2, -0.15) is 8.42 Å². The molecule has 3 aromatic carbocycles. The van der Waals surface area contributed by atoms with Gasteiger partial charge in [-0.3, -0.25) is 19.3 Å². The molecule has 1 saturated heterocycles. The highest BCUT2D eigenvalue weighted by molar-refractivity contribution is 14.1. The Morgan fingerprint density at radius 3 is 2.45 bits per heavy atom. The minimum Gasteiger partial charge on any atom is -0.490 e. The van der Waals surface area contributed by atoms with Gasteiger partial charge in [0.25, 0.3) is 11.1 Å². The van der Waals surface area contributed by atoms with Crippen LogP contribution in [0.2, 0.25) is 0 Å². The number of aryl methyl sites for hydroxylation is 1. The van der Waals surface area contributed by atoms with Crippen molar-refractivity contribution < 1.29 is 31.7 Å². The monoisotopic (exact) mass is 692 g/mol. The summed E-state index contributed by atoms with van der Waals surface area (Å²) in [6, 6.07) is 16.3. The number of benzene rings is 3. The summed E-state index contributed by atoms with van der Waals surface area (Å²) < 4.78 is 37.6. The molecule has 3 amide bonds. The van der Waals surface area contributed by atoms with E-state index >= 15 is 0 Å². The van der Waals surface area contributed by atoms with Crippen molar-refractivity contribution in [3.63, 3.8) is 0 Å². The minimum absolute atomic E-state index is 0.00167. The number of rotatable bonds is 9. The van der Waals surface area contributed by atoms with Gasteiger partial charge in [-0.25, -0.2) is 0 Å². The number of halogens is 1. The highest BCUT2D eigenvalue weighted by atomic mass is 127. The molecular weight excluding hydrogens is 667 g/mol. The van der Waals surface area contributed by atoms with E-state index in [0.29, 0.717) is 14.8 Å². The number of ether oxygens (including phenoxy) is 1. The molecule has 12 heteroatoms. The number of hydrogen-bond acceptors (Lipinski definition) is 8. The van der Waals surface area contributed by atoms with Crippen molar-refractivity contribution in [1.29, 1.82) is 0 Å². The van der Waals surface area contributed by atoms with Crippen LogP contribution in [0.4, 0.5) is 10.5 Å². The molecule has 0 aliphatic carbocycles. The summed E-state index contributed by atoms with van der Waals surface area (Å²) >= 11 is 2.78. The fourth-order valence-corrected chi connectivity index (χ4v) is 6.51. The van der Waals surface area contributed by atoms with Gasteiger partial charge in [0.15, 0.2) is 11.5 Å². The summed E-state index contributed by atoms with van der Waals surface area (Å²) in [4.78, 5) is 38.3. The molecule has 0 radical (unpaired) electrons. The highest BCUT2D eigenvalue weighted by Gasteiger charge is 2.35. The number of carbonyl (C=O) groups excluding carboxylic acids is 3. The Morgan fingerprint density at radius 2 is 1.80 bits per heavy atom. The second-order valence-corrected chi connectivity index (χ2v) is 12.4. The van der Waals surface area contributed by atoms with Crippen molar-refractivity contribution in [2.75, 3.05) is 11.9 Å². The van der Waals surface area contributed by atoms with Gasteiger partial charge < -0.3 is 14.2 Å². The molecule has 1 fully saturated rings. The van der Waals surface area contributed by atoms with Gasteiger partial charge in [0.05, 0.1) is 21.6 Å². The van der Waals surface area contributed by atoms with E-state index in [9.17, 15) is 22.8 Å². The second-order valence-electron chi connectivity index (χ2n) is 8.70. The van der Waals surface area contributed by atoms with Gasteiger partial charge in [0.2, 0.25) is 5.91 Å². The van der Waals surface area contributed by atoms with Crippen molar-refractivity contribution in [3.05, 3.63) is 85.8 Å². The number of hydrogen-bond donors (Lipinski definition) is 1. The van der Waals surface area contributed by atoms with Crippen LogP contribution in [-0.2, 0) is 26.3 Å². The molecule has 3 aromatic rings. The highest BCUT2D eigenvalue weighted by Crippen LogP contribution is 2.39. The first-order valence-electron chi connectivity index (χ1n) is 12.1. The summed E-state index contributed by atoms with van der Waals surface area (Å²) in [5.41, 5.74) is 2.85. The van der Waals surface area contributed by atoms with Gasteiger partial charge >= 0.3 is 10.1 Å². The van der Waals surface area contributed by atoms with Gasteiger partial charge in [0, 0.05) is 12.6 Å². The summed E-state index contributed by atoms with van der Waals surface area (Å²) in [7, 11) is -4.24. The van der Waals surface area contributed by atoms with Crippen molar-refractivity contribution in [2.24, 2.45) is 0 Å². The molecule has 0 aromatic heterocycles. The Kier molecular flexibility index (Phi) is 9.21. The van der Waals surface area contributed by atoms with Crippen LogP contribution in [0.15, 0.2) is 70.5 Å². The molecule has 1 heterocycles. The quantitative estimate of drug-likeness (QED) is 0.166. The number of anilines is 1. The predicted molar refractivity (Wildman–Crippen MR) is 162 cm³/mol. The average molecular weight is 693 g/mol. The molecule has 0 atom stereocenters. The summed E-state index contributed by atoms with van der Waals surface area (Å²) in [6.45, 7) is 5.42. The Hall–Kier alpha value is -3.36. The van der Waals surface area contributed by atoms with Gasteiger partial charge in [-0.1, -0.05) is 24.3 Å². The van der Waals surface area contributed by atoms with E-state index < -0.39 is 16.0 Å². The predicted octanol–water partition coefficient (Wildman–Crippen LogP) is 5.96. The van der Waals surface area contributed by atoms with Crippen LogP contribution in [0.3, 0.4) is 0 Å². The Balaban J connectivity index is 1.60. The van der Waals surface area contributed by atoms with Crippen molar-refractivity contribution >= 4 is 73.3 Å². The van der Waals surface area contributed by atoms with E-state index in [1.807, 2.05) is 53.8 Å². The summed E-state index contributed by atoms with van der Waals surface area (Å²) in [5.74, 6) is -0.521. The van der Waals surface area contributed by atoms with Crippen molar-refractivity contribution in [3.8, 4) is 11.5 Å². The molecule has 0 saturated carbocycles. The van der Waals surface area contributed by atoms with E-state index in [4.69, 9.17) is 8.92 Å². The number of amides is 3. The molecule has 1 aliphatic rings. The van der Waals surface area contributed by atoms with Crippen molar-refractivity contribution in [2.45, 2.75) is 32.2 Å². The van der Waals surface area contributed by atoms with Crippen LogP contribution in [0.5, 0.6) is 11.5 Å². The number of imide groups is 1. The topological polar surface area (TPSA) is 119 Å². The molecule has 40 heavy (non-hydrogen) atoms. The molecule has 208 valence electrons. The molecule has 4 rings (SSSR count). The number of nitrogens with one attached hydrogen (secondary N) is 1. The number of thioether (sulfide) groups is 1. The van der Waals surface area contributed by atoms with E-state index in [-0.39, 0.29) is 45.6 Å². The zero-order valence-corrected chi connectivity index (χ0v) is 25.6. The third-order valence-corrected chi connectivity index (χ3v) is 8.69.